The van der Waals surface area contributed by atoms with Gasteiger partial charge in [-0.3, -0.25) is 0 Å². The molecule has 2 rings (SSSR count). The molecule has 0 unspecified atom stereocenters. The van der Waals surface area contributed by atoms with Crippen LogP contribution in [0.1, 0.15) is 31.1 Å². The van der Waals surface area contributed by atoms with Gasteiger partial charge in [-0.15, -0.1) is 0 Å². The minimum Gasteiger partial charge on any atom is -0.545 e. The molecule has 0 bridgehead atoms. The number of carbonyl (C=O) groups excluding carboxylic acids is 3. The standard InChI is InChI=1S/C15H10O6S/c16-13(17)8-5-6-12(10(7-8)15(20)21)22-11-4-2-1-3-9(11)14(18)19/h1-7H,(H,16,17)(H,18,19)(H,20,21)/p-3. The Morgan fingerprint density at radius 2 is 1.32 bits per heavy atom. The van der Waals surface area contributed by atoms with E-state index in [0.29, 0.717) is 0 Å². The van der Waals surface area contributed by atoms with Crippen molar-refractivity contribution in [1.29, 1.82) is 0 Å². The van der Waals surface area contributed by atoms with Gasteiger partial charge < -0.3 is 29.7 Å². The molecule has 0 spiro atoms. The highest BCUT2D eigenvalue weighted by Gasteiger charge is 2.10. The molecular formula is C15H7O6S-3. The van der Waals surface area contributed by atoms with E-state index >= 15 is 0 Å². The lowest BCUT2D eigenvalue weighted by atomic mass is 10.1. The third-order valence-corrected chi connectivity index (χ3v) is 3.91. The van der Waals surface area contributed by atoms with E-state index in [1.807, 2.05) is 0 Å². The molecule has 0 N–H and O–H groups in total. The van der Waals surface area contributed by atoms with Crippen molar-refractivity contribution in [3.8, 4) is 0 Å². The van der Waals surface area contributed by atoms with Crippen LogP contribution in [0.3, 0.4) is 0 Å². The second-order valence-corrected chi connectivity index (χ2v) is 5.26. The van der Waals surface area contributed by atoms with Crippen LogP contribution < -0.4 is 15.3 Å². The average Bonchev–Trinajstić information content (AvgIpc) is 2.47. The van der Waals surface area contributed by atoms with Crippen LogP contribution in [0.15, 0.2) is 52.3 Å². The molecule has 0 amide bonds. The quantitative estimate of drug-likeness (QED) is 0.688. The van der Waals surface area contributed by atoms with Gasteiger partial charge in [0.2, 0.25) is 0 Å². The Labute approximate surface area is 129 Å². The Bertz CT molecular complexity index is 768. The van der Waals surface area contributed by atoms with E-state index in [9.17, 15) is 29.7 Å². The van der Waals surface area contributed by atoms with Gasteiger partial charge in [0.1, 0.15) is 0 Å². The maximum atomic E-state index is 11.1. The van der Waals surface area contributed by atoms with Crippen molar-refractivity contribution in [2.45, 2.75) is 9.79 Å². The van der Waals surface area contributed by atoms with Gasteiger partial charge in [-0.1, -0.05) is 36.0 Å². The van der Waals surface area contributed by atoms with Crippen LogP contribution in [0.25, 0.3) is 0 Å². The Morgan fingerprint density at radius 1 is 0.727 bits per heavy atom. The third-order valence-electron chi connectivity index (χ3n) is 2.76. The van der Waals surface area contributed by atoms with Gasteiger partial charge in [0, 0.05) is 20.9 Å². The van der Waals surface area contributed by atoms with Gasteiger partial charge in [-0.25, -0.2) is 0 Å². The van der Waals surface area contributed by atoms with E-state index in [-0.39, 0.29) is 26.5 Å². The molecule has 0 fully saturated rings. The Balaban J connectivity index is 2.48. The predicted molar refractivity (Wildman–Crippen MR) is 70.0 cm³/mol. The van der Waals surface area contributed by atoms with Crippen LogP contribution in [-0.2, 0) is 0 Å². The Hall–Kier alpha value is -2.80. The molecule has 6 nitrogen and oxygen atoms in total. The maximum absolute atomic E-state index is 11.1. The first-order valence-electron chi connectivity index (χ1n) is 5.95. The predicted octanol–water partition coefficient (Wildman–Crippen LogP) is -1.07. The molecule has 2 aromatic rings. The topological polar surface area (TPSA) is 120 Å². The molecule has 22 heavy (non-hydrogen) atoms. The third kappa shape index (κ3) is 3.26. The van der Waals surface area contributed by atoms with Gasteiger partial charge in [-0.05, 0) is 23.8 Å². The van der Waals surface area contributed by atoms with Gasteiger partial charge in [-0.2, -0.15) is 0 Å². The first kappa shape index (κ1) is 15.6. The number of hydrogen-bond donors (Lipinski definition) is 0. The zero-order valence-corrected chi connectivity index (χ0v) is 11.7. The van der Waals surface area contributed by atoms with Gasteiger partial charge in [0.15, 0.2) is 0 Å². The van der Waals surface area contributed by atoms with Gasteiger partial charge >= 0.3 is 0 Å². The zero-order chi connectivity index (χ0) is 16.3. The highest BCUT2D eigenvalue weighted by Crippen LogP contribution is 2.33. The van der Waals surface area contributed by atoms with Crippen LogP contribution in [-0.4, -0.2) is 17.9 Å². The van der Waals surface area contributed by atoms with E-state index in [1.165, 1.54) is 30.3 Å². The maximum Gasteiger partial charge on any atom is 0.0726 e. The molecule has 0 aromatic heterocycles. The SMILES string of the molecule is O=C([O-])c1ccc(Sc2ccccc2C(=O)[O-])c(C(=O)[O-])c1. The summed E-state index contributed by atoms with van der Waals surface area (Å²) in [4.78, 5) is 33.4. The van der Waals surface area contributed by atoms with Crippen molar-refractivity contribution in [3.63, 3.8) is 0 Å². The van der Waals surface area contributed by atoms with Crippen LogP contribution in [0, 0.1) is 0 Å². The van der Waals surface area contributed by atoms with Crippen molar-refractivity contribution in [3.05, 3.63) is 59.2 Å². The number of hydrogen-bond acceptors (Lipinski definition) is 7. The average molecular weight is 315 g/mol. The second kappa shape index (κ2) is 6.31. The summed E-state index contributed by atoms with van der Waals surface area (Å²) >= 11 is 0.863. The molecule has 0 saturated carbocycles. The normalized spacial score (nSPS) is 10.2. The van der Waals surface area contributed by atoms with Crippen LogP contribution in [0.2, 0.25) is 0 Å². The number of aromatic carboxylic acids is 3. The first-order valence-corrected chi connectivity index (χ1v) is 6.76. The molecule has 0 radical (unpaired) electrons. The summed E-state index contributed by atoms with van der Waals surface area (Å²) in [7, 11) is 0. The summed E-state index contributed by atoms with van der Waals surface area (Å²) in [5.41, 5.74) is -0.766. The highest BCUT2D eigenvalue weighted by molar-refractivity contribution is 7.99. The minimum absolute atomic E-state index is 0.0965. The number of carbonyl (C=O) groups is 3. The van der Waals surface area contributed by atoms with E-state index in [0.717, 1.165) is 17.8 Å². The molecule has 0 aliphatic carbocycles. The van der Waals surface area contributed by atoms with Crippen LogP contribution in [0.5, 0.6) is 0 Å². The van der Waals surface area contributed by atoms with Crippen molar-refractivity contribution in [2.24, 2.45) is 0 Å². The molecule has 2 aromatic carbocycles. The number of carboxylic acid groups (broad SMARTS) is 3. The van der Waals surface area contributed by atoms with E-state index in [4.69, 9.17) is 0 Å². The van der Waals surface area contributed by atoms with Crippen molar-refractivity contribution >= 4 is 29.7 Å². The van der Waals surface area contributed by atoms with Gasteiger partial charge in [0.25, 0.3) is 0 Å². The van der Waals surface area contributed by atoms with E-state index < -0.39 is 17.9 Å². The Morgan fingerprint density at radius 3 is 1.91 bits per heavy atom. The summed E-state index contributed by atoms with van der Waals surface area (Å²) in [6.07, 6.45) is 0. The molecule has 0 aliphatic heterocycles. The van der Waals surface area contributed by atoms with Crippen molar-refractivity contribution in [2.75, 3.05) is 0 Å². The van der Waals surface area contributed by atoms with Crippen LogP contribution >= 0.6 is 11.8 Å². The number of benzene rings is 2. The summed E-state index contributed by atoms with van der Waals surface area (Å²) < 4.78 is 0. The Kier molecular flexibility index (Phi) is 4.47. The summed E-state index contributed by atoms with van der Waals surface area (Å²) in [6.45, 7) is 0. The lowest BCUT2D eigenvalue weighted by molar-refractivity contribution is -0.256. The zero-order valence-electron chi connectivity index (χ0n) is 10.9. The number of carboxylic acids is 3. The summed E-state index contributed by atoms with van der Waals surface area (Å²) in [5, 5.41) is 32.9. The highest BCUT2D eigenvalue weighted by atomic mass is 32.2. The fraction of sp³-hybridized carbons (Fsp3) is 0. The summed E-state index contributed by atoms with van der Waals surface area (Å²) in [5.74, 6) is -4.49. The molecular weight excluding hydrogens is 308 g/mol. The summed E-state index contributed by atoms with van der Waals surface area (Å²) in [6, 6.07) is 9.25. The first-order chi connectivity index (χ1) is 10.4. The molecule has 0 atom stereocenters. The molecule has 0 aliphatic rings. The van der Waals surface area contributed by atoms with Crippen LogP contribution in [0.4, 0.5) is 0 Å². The lowest BCUT2D eigenvalue weighted by Crippen LogP contribution is -2.26. The smallest absolute Gasteiger partial charge is 0.0726 e. The molecule has 0 saturated heterocycles. The van der Waals surface area contributed by atoms with E-state index in [1.54, 1.807) is 6.07 Å². The number of rotatable bonds is 5. The lowest BCUT2D eigenvalue weighted by Gasteiger charge is -2.15. The van der Waals surface area contributed by atoms with Crippen molar-refractivity contribution in [1.82, 2.24) is 0 Å². The monoisotopic (exact) mass is 315 g/mol. The molecule has 0 heterocycles. The molecule has 7 heteroatoms. The molecule has 112 valence electrons. The van der Waals surface area contributed by atoms with Crippen molar-refractivity contribution < 1.29 is 29.7 Å². The minimum atomic E-state index is -1.57. The van der Waals surface area contributed by atoms with E-state index in [2.05, 4.69) is 0 Å². The fourth-order valence-electron chi connectivity index (χ4n) is 1.75. The fourth-order valence-corrected chi connectivity index (χ4v) is 2.78. The second-order valence-electron chi connectivity index (χ2n) is 4.17. The largest absolute Gasteiger partial charge is 0.545 e. The van der Waals surface area contributed by atoms with Gasteiger partial charge in [0.05, 0.1) is 17.9 Å².